The molecule has 4 heteroatoms. The molecule has 0 N–H and O–H groups in total. The molecule has 0 radical (unpaired) electrons. The Morgan fingerprint density at radius 1 is 1.33 bits per heavy atom. The molecule has 18 heavy (non-hydrogen) atoms. The van der Waals surface area contributed by atoms with E-state index in [2.05, 4.69) is 4.98 Å². The van der Waals surface area contributed by atoms with Crippen LogP contribution in [0, 0.1) is 0 Å². The van der Waals surface area contributed by atoms with Crippen LogP contribution in [0.25, 0.3) is 0 Å². The summed E-state index contributed by atoms with van der Waals surface area (Å²) >= 11 is 0. The van der Waals surface area contributed by atoms with Gasteiger partial charge in [0.05, 0.1) is 11.2 Å². The second-order valence-corrected chi connectivity index (χ2v) is 5.69. The van der Waals surface area contributed by atoms with E-state index < -0.39 is 37.0 Å². The van der Waals surface area contributed by atoms with E-state index in [9.17, 15) is 0 Å². The molecule has 1 aliphatic heterocycles. The molecule has 0 atom stereocenters. The van der Waals surface area contributed by atoms with Gasteiger partial charge in [0.1, 0.15) is 0 Å². The minimum absolute atomic E-state index is 0.0553. The monoisotopic (exact) mass is 250 g/mol. The number of hydrogen-bond donors (Lipinski definition) is 0. The van der Waals surface area contributed by atoms with E-state index in [1.54, 1.807) is 6.07 Å². The number of nitrogens with zero attached hydrogens (tertiary/aromatic N) is 1. The summed E-state index contributed by atoms with van der Waals surface area (Å²) in [4.78, 5) is 4.03. The highest BCUT2D eigenvalue weighted by atomic mass is 16.7. The van der Waals surface area contributed by atoms with Gasteiger partial charge in [-0.05, 0) is 58.0 Å². The topological polar surface area (TPSA) is 31.4 Å². The van der Waals surface area contributed by atoms with Crippen molar-refractivity contribution in [3.63, 3.8) is 0 Å². The van der Waals surface area contributed by atoms with Crippen molar-refractivity contribution in [1.82, 2.24) is 4.98 Å². The van der Waals surface area contributed by atoms with Crippen molar-refractivity contribution in [3.05, 3.63) is 24.0 Å². The first-order valence-electron chi connectivity index (χ1n) is 8.60. The summed E-state index contributed by atoms with van der Waals surface area (Å²) < 4.78 is 51.1. The summed E-state index contributed by atoms with van der Waals surface area (Å²) in [5.41, 5.74) is -0.357. The van der Waals surface area contributed by atoms with Crippen molar-refractivity contribution in [2.75, 3.05) is 0 Å². The highest BCUT2D eigenvalue weighted by molar-refractivity contribution is 6.62. The second-order valence-electron chi connectivity index (χ2n) is 5.69. The lowest BCUT2D eigenvalue weighted by atomic mass is 9.79. The van der Waals surface area contributed by atoms with Gasteiger partial charge in [0.15, 0.2) is 0 Å². The van der Waals surface area contributed by atoms with E-state index in [-0.39, 0.29) is 5.69 Å². The van der Waals surface area contributed by atoms with E-state index in [4.69, 9.17) is 16.2 Å². The first-order chi connectivity index (χ1) is 10.3. The van der Waals surface area contributed by atoms with E-state index >= 15 is 0 Å². The number of rotatable bonds is 2. The Labute approximate surface area is 116 Å². The van der Waals surface area contributed by atoms with Crippen LogP contribution in [0.2, 0.25) is 0 Å². The van der Waals surface area contributed by atoms with Crippen LogP contribution < -0.4 is 5.46 Å². The Kier molecular flexibility index (Phi) is 1.62. The SMILES string of the molecule is [2H]C1([2H])C([2H])([2H])C1([2H])c1cc(B2OC(C)(C)C(C)(C)O2)ccn1. The van der Waals surface area contributed by atoms with Crippen LogP contribution >= 0.6 is 0 Å². The molecule has 3 rings (SSSR count). The van der Waals surface area contributed by atoms with Crippen molar-refractivity contribution in [2.45, 2.75) is 57.5 Å². The van der Waals surface area contributed by atoms with Gasteiger partial charge < -0.3 is 9.31 Å². The van der Waals surface area contributed by atoms with Crippen LogP contribution in [0.15, 0.2) is 18.3 Å². The fourth-order valence-corrected chi connectivity index (χ4v) is 1.87. The molecule has 3 nitrogen and oxygen atoms in total. The Morgan fingerprint density at radius 3 is 2.50 bits per heavy atom. The molecule has 0 amide bonds. The van der Waals surface area contributed by atoms with Crippen LogP contribution in [0.4, 0.5) is 0 Å². The van der Waals surface area contributed by atoms with Crippen LogP contribution in [-0.4, -0.2) is 23.3 Å². The standard InChI is InChI=1S/C14H20BNO2/c1-13(2)14(3,4)18-15(17-13)11-7-8-16-12(9-11)10-5-6-10/h7-10H,5-6H2,1-4H3/i5D2,6D2,10D. The van der Waals surface area contributed by atoms with Gasteiger partial charge in [0, 0.05) is 24.6 Å². The fraction of sp³-hybridized carbons (Fsp3) is 0.643. The van der Waals surface area contributed by atoms with E-state index in [1.807, 2.05) is 27.7 Å². The van der Waals surface area contributed by atoms with Crippen LogP contribution in [0.1, 0.15) is 58.9 Å². The molecule has 0 spiro atoms. The summed E-state index contributed by atoms with van der Waals surface area (Å²) in [6.07, 6.45) is -3.11. The van der Waals surface area contributed by atoms with Crippen molar-refractivity contribution in [3.8, 4) is 0 Å². The molecule has 0 bridgehead atoms. The first kappa shape index (κ1) is 7.66. The summed E-state index contributed by atoms with van der Waals surface area (Å²) in [7, 11) is -0.652. The predicted molar refractivity (Wildman–Crippen MR) is 71.9 cm³/mol. The summed E-state index contributed by atoms with van der Waals surface area (Å²) in [5.74, 6) is -2.01. The Bertz CT molecular complexity index is 634. The van der Waals surface area contributed by atoms with Gasteiger partial charge >= 0.3 is 7.12 Å². The van der Waals surface area contributed by atoms with Gasteiger partial charge in [-0.25, -0.2) is 0 Å². The third kappa shape index (κ3) is 1.97. The fourth-order valence-electron chi connectivity index (χ4n) is 1.87. The zero-order valence-electron chi connectivity index (χ0n) is 16.1. The van der Waals surface area contributed by atoms with Crippen molar-refractivity contribution in [1.29, 1.82) is 0 Å². The van der Waals surface area contributed by atoms with Crippen molar-refractivity contribution >= 4 is 12.6 Å². The van der Waals surface area contributed by atoms with Crippen molar-refractivity contribution < 1.29 is 16.2 Å². The molecule has 0 aromatic carbocycles. The molecule has 2 heterocycles. The molecule has 1 saturated carbocycles. The quantitative estimate of drug-likeness (QED) is 0.754. The molecule has 2 fully saturated rings. The minimum atomic E-state index is -2.28. The third-order valence-corrected chi connectivity index (χ3v) is 3.82. The lowest BCUT2D eigenvalue weighted by Gasteiger charge is -2.32. The normalized spacial score (nSPS) is 36.9. The number of aromatic nitrogens is 1. The van der Waals surface area contributed by atoms with E-state index in [0.717, 1.165) is 0 Å². The van der Waals surface area contributed by atoms with Gasteiger partial charge in [-0.15, -0.1) is 0 Å². The average molecular weight is 250 g/mol. The van der Waals surface area contributed by atoms with Gasteiger partial charge in [-0.1, -0.05) is 0 Å². The predicted octanol–water partition coefficient (Wildman–Crippen LogP) is 2.26. The molecule has 96 valence electrons. The van der Waals surface area contributed by atoms with Gasteiger partial charge in [-0.3, -0.25) is 4.98 Å². The smallest absolute Gasteiger partial charge is 0.399 e. The van der Waals surface area contributed by atoms with Crippen LogP contribution in [0.5, 0.6) is 0 Å². The van der Waals surface area contributed by atoms with Gasteiger partial charge in [0.2, 0.25) is 0 Å². The highest BCUT2D eigenvalue weighted by Crippen LogP contribution is 2.39. The molecule has 1 aliphatic carbocycles. The third-order valence-electron chi connectivity index (χ3n) is 3.82. The first-order valence-corrected chi connectivity index (χ1v) is 6.10. The summed E-state index contributed by atoms with van der Waals surface area (Å²) in [5, 5.41) is 0. The summed E-state index contributed by atoms with van der Waals surface area (Å²) in [6.45, 7) is 7.72. The zero-order valence-corrected chi connectivity index (χ0v) is 11.1. The average Bonchev–Trinajstić information content (AvgIpc) is 2.63. The number of hydrogen-bond acceptors (Lipinski definition) is 3. The van der Waals surface area contributed by atoms with Crippen LogP contribution in [-0.2, 0) is 9.31 Å². The second kappa shape index (κ2) is 3.81. The highest BCUT2D eigenvalue weighted by Gasteiger charge is 2.51. The maximum Gasteiger partial charge on any atom is 0.494 e. The van der Waals surface area contributed by atoms with Crippen LogP contribution in [0.3, 0.4) is 0 Å². The van der Waals surface area contributed by atoms with E-state index in [0.29, 0.717) is 5.46 Å². The number of pyridine rings is 1. The molecule has 1 saturated heterocycles. The molecule has 0 unspecified atom stereocenters. The molecule has 1 aromatic rings. The lowest BCUT2D eigenvalue weighted by molar-refractivity contribution is 0.00578. The molecular weight excluding hydrogens is 225 g/mol. The van der Waals surface area contributed by atoms with E-state index in [1.165, 1.54) is 12.3 Å². The Balaban J connectivity index is 1.95. The minimum Gasteiger partial charge on any atom is -0.399 e. The molecule has 1 aromatic heterocycles. The molecule has 2 aliphatic rings. The molecular formula is C14H20BNO2. The Morgan fingerprint density at radius 2 is 1.94 bits per heavy atom. The van der Waals surface area contributed by atoms with Gasteiger partial charge in [0.25, 0.3) is 0 Å². The lowest BCUT2D eigenvalue weighted by Crippen LogP contribution is -2.41. The maximum absolute atomic E-state index is 8.22. The largest absolute Gasteiger partial charge is 0.494 e. The zero-order chi connectivity index (χ0) is 17.5. The van der Waals surface area contributed by atoms with Gasteiger partial charge in [-0.2, -0.15) is 0 Å². The van der Waals surface area contributed by atoms with Crippen molar-refractivity contribution in [2.24, 2.45) is 0 Å². The Hall–Kier alpha value is -0.865. The summed E-state index contributed by atoms with van der Waals surface area (Å²) in [6, 6.07) is 3.19. The maximum atomic E-state index is 8.22.